The van der Waals surface area contributed by atoms with Gasteiger partial charge in [0.25, 0.3) is 5.91 Å². The third kappa shape index (κ3) is 2.76. The molecule has 0 unspecified atom stereocenters. The first-order valence-electron chi connectivity index (χ1n) is 7.64. The fourth-order valence-corrected chi connectivity index (χ4v) is 2.86. The van der Waals surface area contributed by atoms with E-state index in [1.165, 1.54) is 0 Å². The summed E-state index contributed by atoms with van der Waals surface area (Å²) in [5.74, 6) is 1.33. The van der Waals surface area contributed by atoms with Crippen LogP contribution in [-0.2, 0) is 4.79 Å². The summed E-state index contributed by atoms with van der Waals surface area (Å²) in [5.41, 5.74) is -0.334. The molecule has 104 valence electrons. The van der Waals surface area contributed by atoms with Gasteiger partial charge >= 0.3 is 0 Å². The van der Waals surface area contributed by atoms with Gasteiger partial charge in [-0.25, -0.2) is 0 Å². The molecule has 0 atom stereocenters. The molecule has 0 saturated heterocycles. The Morgan fingerprint density at radius 2 is 1.83 bits per heavy atom. The topological polar surface area (TPSA) is 32.7 Å². The molecule has 3 heteroatoms. The van der Waals surface area contributed by atoms with Crippen molar-refractivity contribution in [1.82, 2.24) is 4.90 Å². The summed E-state index contributed by atoms with van der Waals surface area (Å²) in [6.07, 6.45) is 7.53. The van der Waals surface area contributed by atoms with Crippen molar-refractivity contribution < 1.29 is 4.79 Å². The van der Waals surface area contributed by atoms with Crippen LogP contribution in [0.2, 0.25) is 0 Å². The zero-order valence-corrected chi connectivity index (χ0v) is 12.5. The van der Waals surface area contributed by atoms with E-state index in [0.717, 1.165) is 57.3 Å². The lowest BCUT2D eigenvalue weighted by Crippen LogP contribution is -2.40. The molecule has 1 fully saturated rings. The van der Waals surface area contributed by atoms with Crippen molar-refractivity contribution in [3.63, 3.8) is 0 Å². The Hall–Kier alpha value is -0.860. The predicted octanol–water partition coefficient (Wildman–Crippen LogP) is 3.78. The minimum Gasteiger partial charge on any atom is -0.299 e. The van der Waals surface area contributed by atoms with Crippen LogP contribution >= 0.6 is 0 Å². The second-order valence-electron chi connectivity index (χ2n) is 4.92. The lowest BCUT2D eigenvalue weighted by Gasteiger charge is -2.20. The maximum atomic E-state index is 12.3. The Balaban J connectivity index is 0.000000771. The Kier molecular flexibility index (Phi) is 5.83. The number of hydrogen-bond acceptors (Lipinski definition) is 2. The number of carbonyl (C=O) groups excluding carboxylic acids is 1. The zero-order valence-electron chi connectivity index (χ0n) is 12.5. The summed E-state index contributed by atoms with van der Waals surface area (Å²) < 4.78 is 0. The largest absolute Gasteiger partial charge is 0.299 e. The van der Waals surface area contributed by atoms with Crippen LogP contribution in [0.3, 0.4) is 0 Å². The van der Waals surface area contributed by atoms with Gasteiger partial charge in [0.1, 0.15) is 11.4 Å². The summed E-state index contributed by atoms with van der Waals surface area (Å²) >= 11 is 0. The average Bonchev–Trinajstić information content (AvgIpc) is 2.97. The summed E-state index contributed by atoms with van der Waals surface area (Å²) in [4.78, 5) is 19.0. The van der Waals surface area contributed by atoms with Crippen molar-refractivity contribution >= 4 is 11.7 Å². The van der Waals surface area contributed by atoms with Gasteiger partial charge in [-0.1, -0.05) is 40.0 Å². The Labute approximate surface area is 112 Å². The minimum absolute atomic E-state index is 0.276. The average molecular weight is 252 g/mol. The van der Waals surface area contributed by atoms with Gasteiger partial charge in [-0.15, -0.1) is 0 Å². The molecular weight excluding hydrogens is 224 g/mol. The minimum atomic E-state index is -0.334. The maximum Gasteiger partial charge on any atom is 0.255 e. The van der Waals surface area contributed by atoms with Crippen molar-refractivity contribution in [2.75, 3.05) is 6.54 Å². The Morgan fingerprint density at radius 3 is 2.33 bits per heavy atom. The van der Waals surface area contributed by atoms with Crippen molar-refractivity contribution in [2.45, 2.75) is 78.2 Å². The molecule has 0 bridgehead atoms. The van der Waals surface area contributed by atoms with E-state index in [-0.39, 0.29) is 11.4 Å². The third-order valence-electron chi connectivity index (χ3n) is 3.80. The number of unbranched alkanes of at least 4 members (excludes halogenated alkanes) is 1. The summed E-state index contributed by atoms with van der Waals surface area (Å²) in [6.45, 7) is 9.01. The van der Waals surface area contributed by atoms with Crippen LogP contribution in [-0.4, -0.2) is 28.7 Å². The van der Waals surface area contributed by atoms with Crippen LogP contribution in [0.5, 0.6) is 0 Å². The van der Waals surface area contributed by atoms with Gasteiger partial charge in [0.2, 0.25) is 0 Å². The summed E-state index contributed by atoms with van der Waals surface area (Å²) in [7, 11) is 0. The highest BCUT2D eigenvalue weighted by atomic mass is 16.2. The van der Waals surface area contributed by atoms with E-state index in [1.54, 1.807) is 0 Å². The molecular formula is C15H28N2O. The van der Waals surface area contributed by atoms with E-state index in [9.17, 15) is 4.79 Å². The van der Waals surface area contributed by atoms with E-state index in [2.05, 4.69) is 6.92 Å². The van der Waals surface area contributed by atoms with E-state index in [1.807, 2.05) is 25.7 Å². The van der Waals surface area contributed by atoms with Crippen LogP contribution in [0.1, 0.15) is 72.6 Å². The number of hydrogen-bond donors (Lipinski definition) is 0. The fraction of sp³-hybridized carbons (Fsp3) is 0.867. The van der Waals surface area contributed by atoms with Crippen LogP contribution in [0.15, 0.2) is 4.99 Å². The van der Waals surface area contributed by atoms with E-state index in [4.69, 9.17) is 4.99 Å². The molecule has 1 amide bonds. The molecule has 2 aliphatic rings. The van der Waals surface area contributed by atoms with Gasteiger partial charge in [0, 0.05) is 13.0 Å². The lowest BCUT2D eigenvalue weighted by molar-refractivity contribution is -0.130. The predicted molar refractivity (Wildman–Crippen MR) is 76.9 cm³/mol. The fourth-order valence-electron chi connectivity index (χ4n) is 2.86. The molecule has 0 aromatic carbocycles. The van der Waals surface area contributed by atoms with Crippen LogP contribution in [0, 0.1) is 0 Å². The normalized spacial score (nSPS) is 21.0. The van der Waals surface area contributed by atoms with Crippen molar-refractivity contribution in [3.8, 4) is 0 Å². The second-order valence-corrected chi connectivity index (χ2v) is 4.92. The van der Waals surface area contributed by atoms with Crippen molar-refractivity contribution in [3.05, 3.63) is 0 Å². The Bertz CT molecular complexity index is 304. The monoisotopic (exact) mass is 252 g/mol. The van der Waals surface area contributed by atoms with Gasteiger partial charge < -0.3 is 0 Å². The smallest absolute Gasteiger partial charge is 0.255 e. The first-order chi connectivity index (χ1) is 8.73. The summed E-state index contributed by atoms with van der Waals surface area (Å²) in [5, 5.41) is 0. The molecule has 1 saturated carbocycles. The van der Waals surface area contributed by atoms with Gasteiger partial charge in [-0.3, -0.25) is 14.7 Å². The van der Waals surface area contributed by atoms with Gasteiger partial charge in [0.05, 0.1) is 0 Å². The van der Waals surface area contributed by atoms with E-state index >= 15 is 0 Å². The first-order valence-corrected chi connectivity index (χ1v) is 7.64. The van der Waals surface area contributed by atoms with Gasteiger partial charge in [0.15, 0.2) is 0 Å². The molecule has 3 nitrogen and oxygen atoms in total. The molecule has 1 heterocycles. The molecule has 0 radical (unpaired) electrons. The molecule has 0 aromatic heterocycles. The number of amides is 1. The molecule has 1 aliphatic carbocycles. The number of nitrogens with zero attached hydrogens (tertiary/aromatic N) is 2. The quantitative estimate of drug-likeness (QED) is 0.749. The SMILES string of the molecule is CC.CCCCC1=NC2(CCCC2)C(=O)N1CC. The number of carbonyl (C=O) groups is 1. The van der Waals surface area contributed by atoms with Crippen LogP contribution in [0.25, 0.3) is 0 Å². The number of likely N-dealkylation sites (N-methyl/N-ethyl adjacent to an activating group) is 1. The number of aliphatic imine (C=N–C) groups is 1. The van der Waals surface area contributed by atoms with Gasteiger partial charge in [-0.05, 0) is 26.2 Å². The first kappa shape index (κ1) is 15.2. The standard InChI is InChI=1S/C13H22N2O.C2H6/c1-3-5-8-11-14-13(9-6-7-10-13)12(16)15(11)4-2;1-2/h3-10H2,1-2H3;1-2H3. The number of rotatable bonds is 4. The molecule has 18 heavy (non-hydrogen) atoms. The molecule has 1 aliphatic heterocycles. The lowest BCUT2D eigenvalue weighted by atomic mass is 9.98. The van der Waals surface area contributed by atoms with Crippen LogP contribution < -0.4 is 0 Å². The molecule has 0 aromatic rings. The number of amidine groups is 1. The highest BCUT2D eigenvalue weighted by Crippen LogP contribution is 2.39. The van der Waals surface area contributed by atoms with E-state index < -0.39 is 0 Å². The van der Waals surface area contributed by atoms with Gasteiger partial charge in [-0.2, -0.15) is 0 Å². The maximum absolute atomic E-state index is 12.3. The molecule has 1 spiro atoms. The van der Waals surface area contributed by atoms with E-state index in [0.29, 0.717) is 0 Å². The zero-order chi connectivity index (χ0) is 13.6. The second kappa shape index (κ2) is 6.91. The highest BCUT2D eigenvalue weighted by Gasteiger charge is 2.48. The molecule has 2 rings (SSSR count). The van der Waals surface area contributed by atoms with Crippen LogP contribution in [0.4, 0.5) is 0 Å². The highest BCUT2D eigenvalue weighted by molar-refractivity contribution is 6.08. The Morgan fingerprint density at radius 1 is 1.22 bits per heavy atom. The van der Waals surface area contributed by atoms with Crippen molar-refractivity contribution in [2.24, 2.45) is 4.99 Å². The molecule has 0 N–H and O–H groups in total. The van der Waals surface area contributed by atoms with Crippen molar-refractivity contribution in [1.29, 1.82) is 0 Å². The summed E-state index contributed by atoms with van der Waals surface area (Å²) in [6, 6.07) is 0. The third-order valence-corrected chi connectivity index (χ3v) is 3.80.